The summed E-state index contributed by atoms with van der Waals surface area (Å²) < 4.78 is 40.7. The summed E-state index contributed by atoms with van der Waals surface area (Å²) in [6.07, 6.45) is 1.50. The zero-order valence-corrected chi connectivity index (χ0v) is 20.9. The van der Waals surface area contributed by atoms with Crippen LogP contribution < -0.4 is 10.2 Å². The van der Waals surface area contributed by atoms with Gasteiger partial charge in [0.2, 0.25) is 5.95 Å². The minimum atomic E-state index is -2.74. The third-order valence-electron chi connectivity index (χ3n) is 7.64. The molecular formula is C26H33F2N7O2. The Morgan fingerprint density at radius 3 is 2.24 bits per heavy atom. The first-order valence-electron chi connectivity index (χ1n) is 13.2. The van der Waals surface area contributed by atoms with Crippen molar-refractivity contribution in [1.29, 1.82) is 0 Å². The molecular weight excluding hydrogens is 480 g/mol. The molecule has 0 amide bonds. The molecule has 2 aliphatic heterocycles. The maximum atomic E-state index is 14.1. The number of nitrogens with one attached hydrogen (secondary N) is 1. The van der Waals surface area contributed by atoms with Gasteiger partial charge < -0.3 is 19.7 Å². The summed E-state index contributed by atoms with van der Waals surface area (Å²) in [6.45, 7) is 6.21. The predicted molar refractivity (Wildman–Crippen MR) is 137 cm³/mol. The quantitative estimate of drug-likeness (QED) is 0.535. The van der Waals surface area contributed by atoms with Gasteiger partial charge in [-0.15, -0.1) is 0 Å². The van der Waals surface area contributed by atoms with Gasteiger partial charge in [0, 0.05) is 44.3 Å². The largest absolute Gasteiger partial charge is 0.379 e. The molecule has 198 valence electrons. The standard InChI is InChI=1S/C26H33F2N7O2/c27-24(28)25-30-20-3-1-2-4-21(20)35(25)23-17-22(34-11-15-37-16-12-34)31-26(32-23)29-18-5-7-19(8-6-18)33-9-13-36-14-10-33/h1-4,17-19,24H,5-16H2,(H,29,31,32)/t18-,19+. The van der Waals surface area contributed by atoms with Gasteiger partial charge in [-0.3, -0.25) is 9.47 Å². The maximum absolute atomic E-state index is 14.1. The van der Waals surface area contributed by atoms with Crippen LogP contribution in [-0.4, -0.2) is 89.1 Å². The molecule has 1 N–H and O–H groups in total. The van der Waals surface area contributed by atoms with E-state index in [2.05, 4.69) is 20.1 Å². The van der Waals surface area contributed by atoms with Crippen LogP contribution in [0.5, 0.6) is 0 Å². The Bertz CT molecular complexity index is 1200. The second kappa shape index (κ2) is 10.8. The number of halogens is 2. The summed E-state index contributed by atoms with van der Waals surface area (Å²) in [6, 6.07) is 9.77. The van der Waals surface area contributed by atoms with E-state index >= 15 is 0 Å². The number of imidazole rings is 1. The minimum Gasteiger partial charge on any atom is -0.379 e. The molecule has 9 nitrogen and oxygen atoms in total. The lowest BCUT2D eigenvalue weighted by atomic mass is 9.90. The number of hydrogen-bond donors (Lipinski definition) is 1. The highest BCUT2D eigenvalue weighted by Gasteiger charge is 2.28. The Labute approximate surface area is 214 Å². The molecule has 0 radical (unpaired) electrons. The number of aromatic nitrogens is 4. The van der Waals surface area contributed by atoms with E-state index in [1.807, 2.05) is 6.07 Å². The number of ether oxygens (including phenoxy) is 2. The van der Waals surface area contributed by atoms with Crippen LogP contribution in [0.25, 0.3) is 16.9 Å². The molecule has 2 aromatic heterocycles. The van der Waals surface area contributed by atoms with Gasteiger partial charge in [-0.2, -0.15) is 9.97 Å². The van der Waals surface area contributed by atoms with Crippen molar-refractivity contribution in [2.24, 2.45) is 0 Å². The van der Waals surface area contributed by atoms with Crippen molar-refractivity contribution in [3.05, 3.63) is 36.2 Å². The number of benzene rings is 1. The second-order valence-corrected chi connectivity index (χ2v) is 9.90. The van der Waals surface area contributed by atoms with E-state index in [1.165, 1.54) is 4.57 Å². The number of anilines is 2. The normalized spacial score (nSPS) is 23.6. The summed E-state index contributed by atoms with van der Waals surface area (Å²) in [7, 11) is 0. The fourth-order valence-corrected chi connectivity index (χ4v) is 5.70. The molecule has 0 spiro atoms. The third-order valence-corrected chi connectivity index (χ3v) is 7.64. The van der Waals surface area contributed by atoms with Gasteiger partial charge in [-0.05, 0) is 37.8 Å². The van der Waals surface area contributed by atoms with Gasteiger partial charge in [0.05, 0.1) is 37.5 Å². The lowest BCUT2D eigenvalue weighted by molar-refractivity contribution is 0.00790. The van der Waals surface area contributed by atoms with Crippen LogP contribution >= 0.6 is 0 Å². The van der Waals surface area contributed by atoms with E-state index in [1.54, 1.807) is 24.3 Å². The molecule has 37 heavy (non-hydrogen) atoms. The van der Waals surface area contributed by atoms with E-state index in [9.17, 15) is 8.78 Å². The van der Waals surface area contributed by atoms with Crippen LogP contribution in [0.4, 0.5) is 20.5 Å². The highest BCUT2D eigenvalue weighted by Crippen LogP contribution is 2.30. The highest BCUT2D eigenvalue weighted by molar-refractivity contribution is 5.78. The van der Waals surface area contributed by atoms with Crippen LogP contribution in [0.1, 0.15) is 37.9 Å². The van der Waals surface area contributed by atoms with Crippen LogP contribution in [0.3, 0.4) is 0 Å². The fraction of sp³-hybridized carbons (Fsp3) is 0.577. The van der Waals surface area contributed by atoms with Crippen LogP contribution in [-0.2, 0) is 9.47 Å². The first-order chi connectivity index (χ1) is 18.2. The van der Waals surface area contributed by atoms with E-state index < -0.39 is 6.43 Å². The first-order valence-corrected chi connectivity index (χ1v) is 13.2. The second-order valence-electron chi connectivity index (χ2n) is 9.90. The number of morpholine rings is 2. The summed E-state index contributed by atoms with van der Waals surface area (Å²) in [5.41, 5.74) is 1.11. The number of fused-ring (bicyclic) bond motifs is 1. The molecule has 0 atom stereocenters. The number of rotatable bonds is 6. The Hall–Kier alpha value is -2.89. The monoisotopic (exact) mass is 513 g/mol. The lowest BCUT2D eigenvalue weighted by Crippen LogP contribution is -2.46. The van der Waals surface area contributed by atoms with Crippen molar-refractivity contribution < 1.29 is 18.3 Å². The molecule has 6 rings (SSSR count). The van der Waals surface area contributed by atoms with Gasteiger partial charge in [0.15, 0.2) is 5.82 Å². The van der Waals surface area contributed by atoms with Crippen molar-refractivity contribution in [1.82, 2.24) is 24.4 Å². The Kier molecular flexibility index (Phi) is 7.16. The van der Waals surface area contributed by atoms with E-state index in [-0.39, 0.29) is 11.9 Å². The minimum absolute atomic E-state index is 0.235. The molecule has 1 saturated carbocycles. The molecule has 2 saturated heterocycles. The Balaban J connectivity index is 1.29. The molecule has 0 unspecified atom stereocenters. The van der Waals surface area contributed by atoms with Crippen molar-refractivity contribution in [2.75, 3.05) is 62.8 Å². The average Bonchev–Trinajstić information content (AvgIpc) is 3.35. The van der Waals surface area contributed by atoms with Gasteiger partial charge in [0.1, 0.15) is 11.6 Å². The van der Waals surface area contributed by atoms with Crippen molar-refractivity contribution >= 4 is 22.8 Å². The topological polar surface area (TPSA) is 80.6 Å². The number of alkyl halides is 2. The summed E-state index contributed by atoms with van der Waals surface area (Å²) in [5, 5.41) is 3.54. The Morgan fingerprint density at radius 1 is 0.838 bits per heavy atom. The molecule has 3 fully saturated rings. The molecule has 1 aromatic carbocycles. The number of para-hydroxylation sites is 2. The zero-order valence-electron chi connectivity index (χ0n) is 20.9. The predicted octanol–water partition coefficient (Wildman–Crippen LogP) is 3.65. The fourth-order valence-electron chi connectivity index (χ4n) is 5.70. The first kappa shape index (κ1) is 24.4. The molecule has 3 aromatic rings. The van der Waals surface area contributed by atoms with E-state index in [4.69, 9.17) is 19.4 Å². The van der Waals surface area contributed by atoms with Crippen molar-refractivity contribution in [3.63, 3.8) is 0 Å². The summed E-state index contributed by atoms with van der Waals surface area (Å²) in [4.78, 5) is 18.5. The van der Waals surface area contributed by atoms with Gasteiger partial charge in [-0.1, -0.05) is 12.1 Å². The smallest absolute Gasteiger partial charge is 0.296 e. The lowest BCUT2D eigenvalue weighted by Gasteiger charge is -2.39. The number of hydrogen-bond acceptors (Lipinski definition) is 8. The van der Waals surface area contributed by atoms with Crippen molar-refractivity contribution in [3.8, 4) is 5.82 Å². The average molecular weight is 514 g/mol. The van der Waals surface area contributed by atoms with Gasteiger partial charge >= 0.3 is 0 Å². The zero-order chi connectivity index (χ0) is 25.2. The Morgan fingerprint density at radius 2 is 1.51 bits per heavy atom. The van der Waals surface area contributed by atoms with E-state index in [0.717, 1.165) is 52.0 Å². The molecule has 11 heteroatoms. The van der Waals surface area contributed by atoms with Crippen LogP contribution in [0.15, 0.2) is 30.3 Å². The third kappa shape index (κ3) is 5.25. The molecule has 0 bridgehead atoms. The molecule has 3 aliphatic rings. The summed E-state index contributed by atoms with van der Waals surface area (Å²) in [5.74, 6) is 1.25. The summed E-state index contributed by atoms with van der Waals surface area (Å²) >= 11 is 0. The van der Waals surface area contributed by atoms with Gasteiger partial charge in [-0.25, -0.2) is 13.8 Å². The maximum Gasteiger partial charge on any atom is 0.296 e. The van der Waals surface area contributed by atoms with Crippen LogP contribution in [0, 0.1) is 0 Å². The van der Waals surface area contributed by atoms with Crippen LogP contribution in [0.2, 0.25) is 0 Å². The van der Waals surface area contributed by atoms with Gasteiger partial charge in [0.25, 0.3) is 6.43 Å². The van der Waals surface area contributed by atoms with E-state index in [0.29, 0.717) is 61.0 Å². The number of nitrogens with zero attached hydrogens (tertiary/aromatic N) is 6. The highest BCUT2D eigenvalue weighted by atomic mass is 19.3. The molecule has 4 heterocycles. The van der Waals surface area contributed by atoms with Crippen molar-refractivity contribution in [2.45, 2.75) is 44.2 Å². The SMILES string of the molecule is FC(F)c1nc2ccccc2n1-c1cc(N2CCOCC2)nc(N[C@H]2CC[C@@H](N3CCOCC3)CC2)n1. The molecule has 1 aliphatic carbocycles.